The van der Waals surface area contributed by atoms with Gasteiger partial charge >= 0.3 is 0 Å². The van der Waals surface area contributed by atoms with Crippen LogP contribution in [0.5, 0.6) is 0 Å². The second-order valence-electron chi connectivity index (χ2n) is 3.95. The molecule has 1 atom stereocenters. The van der Waals surface area contributed by atoms with E-state index in [4.69, 9.17) is 0 Å². The summed E-state index contributed by atoms with van der Waals surface area (Å²) in [6.07, 6.45) is 3.44. The fourth-order valence-electron chi connectivity index (χ4n) is 2.00. The van der Waals surface area contributed by atoms with Gasteiger partial charge in [-0.05, 0) is 31.0 Å². The van der Waals surface area contributed by atoms with Gasteiger partial charge in [-0.15, -0.1) is 0 Å². The highest BCUT2D eigenvalue weighted by molar-refractivity contribution is 5.96. The molecule has 2 rings (SSSR count). The molecule has 1 saturated heterocycles. The van der Waals surface area contributed by atoms with Gasteiger partial charge in [0.15, 0.2) is 0 Å². The average Bonchev–Trinajstić information content (AvgIpc) is 2.59. The summed E-state index contributed by atoms with van der Waals surface area (Å²) < 4.78 is 0. The van der Waals surface area contributed by atoms with Gasteiger partial charge < -0.3 is 4.90 Å². The Hall–Kier alpha value is -1.57. The number of hydrogen-bond acceptors (Lipinski definition) is 1. The molecule has 78 valence electrons. The van der Waals surface area contributed by atoms with Crippen molar-refractivity contribution in [3.05, 3.63) is 36.4 Å². The van der Waals surface area contributed by atoms with Crippen molar-refractivity contribution in [2.45, 2.75) is 25.8 Å². The maximum absolute atomic E-state index is 11.6. The predicted octanol–water partition coefficient (Wildman–Crippen LogP) is 2.84. The van der Waals surface area contributed by atoms with Crippen LogP contribution in [0.1, 0.15) is 25.3 Å². The van der Waals surface area contributed by atoms with E-state index < -0.39 is 0 Å². The first-order valence-corrected chi connectivity index (χ1v) is 5.27. The number of carbonyl (C=O) groups excluding carboxylic acids is 1. The standard InChI is InChI=1S/C13H15NO/c1-3-11-5-7-12(8-6-11)14-10(2)4-9-13(14)15/h3,5-8,10H,1,4,9H2,2H3. The number of rotatable bonds is 2. The van der Waals surface area contributed by atoms with Gasteiger partial charge in [-0.25, -0.2) is 0 Å². The van der Waals surface area contributed by atoms with Crippen LogP contribution < -0.4 is 4.90 Å². The van der Waals surface area contributed by atoms with Crippen molar-refractivity contribution < 1.29 is 4.79 Å². The zero-order valence-electron chi connectivity index (χ0n) is 8.94. The Morgan fingerprint density at radius 2 is 2.07 bits per heavy atom. The average molecular weight is 201 g/mol. The van der Waals surface area contributed by atoms with Crippen molar-refractivity contribution in [1.82, 2.24) is 0 Å². The van der Waals surface area contributed by atoms with E-state index in [9.17, 15) is 4.79 Å². The second-order valence-corrected chi connectivity index (χ2v) is 3.95. The quantitative estimate of drug-likeness (QED) is 0.720. The lowest BCUT2D eigenvalue weighted by molar-refractivity contribution is -0.117. The molecule has 15 heavy (non-hydrogen) atoms. The normalized spacial score (nSPS) is 20.7. The van der Waals surface area contributed by atoms with Crippen molar-refractivity contribution in [2.24, 2.45) is 0 Å². The van der Waals surface area contributed by atoms with E-state index in [0.29, 0.717) is 12.5 Å². The molecule has 1 fully saturated rings. The maximum atomic E-state index is 11.6. The van der Waals surface area contributed by atoms with Gasteiger partial charge in [-0.3, -0.25) is 4.79 Å². The van der Waals surface area contributed by atoms with Crippen molar-refractivity contribution >= 4 is 17.7 Å². The first-order chi connectivity index (χ1) is 7.22. The van der Waals surface area contributed by atoms with E-state index in [-0.39, 0.29) is 5.91 Å². The monoisotopic (exact) mass is 201 g/mol. The SMILES string of the molecule is C=Cc1ccc(N2C(=O)CCC2C)cc1. The largest absolute Gasteiger partial charge is 0.310 e. The van der Waals surface area contributed by atoms with Crippen LogP contribution in [0.3, 0.4) is 0 Å². The number of carbonyl (C=O) groups is 1. The van der Waals surface area contributed by atoms with Gasteiger partial charge in [0.1, 0.15) is 0 Å². The third kappa shape index (κ3) is 1.80. The number of benzene rings is 1. The van der Waals surface area contributed by atoms with E-state index >= 15 is 0 Å². The van der Waals surface area contributed by atoms with E-state index in [1.54, 1.807) is 6.08 Å². The number of anilines is 1. The van der Waals surface area contributed by atoms with Crippen molar-refractivity contribution in [3.8, 4) is 0 Å². The van der Waals surface area contributed by atoms with Crippen LogP contribution in [0.2, 0.25) is 0 Å². The first-order valence-electron chi connectivity index (χ1n) is 5.27. The Balaban J connectivity index is 2.28. The Kier molecular flexibility index (Phi) is 2.58. The molecule has 1 aromatic carbocycles. The van der Waals surface area contributed by atoms with Crippen molar-refractivity contribution in [2.75, 3.05) is 4.90 Å². The summed E-state index contributed by atoms with van der Waals surface area (Å²) in [5.74, 6) is 0.230. The molecule has 1 heterocycles. The fraction of sp³-hybridized carbons (Fsp3) is 0.308. The van der Waals surface area contributed by atoms with Crippen LogP contribution in [0.4, 0.5) is 5.69 Å². The molecule has 0 spiro atoms. The van der Waals surface area contributed by atoms with E-state index in [1.807, 2.05) is 29.2 Å². The number of nitrogens with zero attached hydrogens (tertiary/aromatic N) is 1. The van der Waals surface area contributed by atoms with Crippen LogP contribution in [-0.4, -0.2) is 11.9 Å². The van der Waals surface area contributed by atoms with Crippen LogP contribution in [0, 0.1) is 0 Å². The van der Waals surface area contributed by atoms with Gasteiger partial charge in [0.25, 0.3) is 0 Å². The molecular formula is C13H15NO. The number of amides is 1. The molecule has 1 aliphatic heterocycles. The molecule has 0 aliphatic carbocycles. The smallest absolute Gasteiger partial charge is 0.227 e. The molecule has 1 unspecified atom stereocenters. The number of hydrogen-bond donors (Lipinski definition) is 0. The summed E-state index contributed by atoms with van der Waals surface area (Å²) in [6, 6.07) is 8.27. The molecule has 0 saturated carbocycles. The fourth-order valence-corrected chi connectivity index (χ4v) is 2.00. The summed E-state index contributed by atoms with van der Waals surface area (Å²) >= 11 is 0. The van der Waals surface area contributed by atoms with Gasteiger partial charge in [0.2, 0.25) is 5.91 Å². The van der Waals surface area contributed by atoms with E-state index in [2.05, 4.69) is 13.5 Å². The molecular weight excluding hydrogens is 186 g/mol. The molecule has 2 nitrogen and oxygen atoms in total. The lowest BCUT2D eigenvalue weighted by atomic mass is 10.2. The third-order valence-corrected chi connectivity index (χ3v) is 2.89. The highest BCUT2D eigenvalue weighted by atomic mass is 16.2. The maximum Gasteiger partial charge on any atom is 0.227 e. The Bertz CT molecular complexity index is 380. The van der Waals surface area contributed by atoms with Crippen LogP contribution in [0.25, 0.3) is 6.08 Å². The third-order valence-electron chi connectivity index (χ3n) is 2.89. The predicted molar refractivity (Wildman–Crippen MR) is 62.7 cm³/mol. The highest BCUT2D eigenvalue weighted by Gasteiger charge is 2.28. The van der Waals surface area contributed by atoms with E-state index in [0.717, 1.165) is 17.7 Å². The minimum atomic E-state index is 0.230. The van der Waals surface area contributed by atoms with Crippen LogP contribution >= 0.6 is 0 Å². The highest BCUT2D eigenvalue weighted by Crippen LogP contribution is 2.26. The Labute approximate surface area is 90.2 Å². The lowest BCUT2D eigenvalue weighted by Crippen LogP contribution is -2.30. The van der Waals surface area contributed by atoms with Crippen LogP contribution in [-0.2, 0) is 4.79 Å². The van der Waals surface area contributed by atoms with Crippen molar-refractivity contribution in [1.29, 1.82) is 0 Å². The molecule has 1 aliphatic rings. The zero-order chi connectivity index (χ0) is 10.8. The molecule has 0 bridgehead atoms. The molecule has 0 N–H and O–H groups in total. The first kappa shape index (κ1) is 9.97. The van der Waals surface area contributed by atoms with Crippen molar-refractivity contribution in [3.63, 3.8) is 0 Å². The summed E-state index contributed by atoms with van der Waals surface area (Å²) in [5, 5.41) is 0. The molecule has 1 amide bonds. The molecule has 2 heteroatoms. The Morgan fingerprint density at radius 1 is 1.40 bits per heavy atom. The topological polar surface area (TPSA) is 20.3 Å². The van der Waals surface area contributed by atoms with Gasteiger partial charge in [0.05, 0.1) is 0 Å². The summed E-state index contributed by atoms with van der Waals surface area (Å²) in [6.45, 7) is 5.80. The zero-order valence-corrected chi connectivity index (χ0v) is 8.94. The van der Waals surface area contributed by atoms with Crippen LogP contribution in [0.15, 0.2) is 30.8 Å². The summed E-state index contributed by atoms with van der Waals surface area (Å²) in [7, 11) is 0. The summed E-state index contributed by atoms with van der Waals surface area (Å²) in [5.41, 5.74) is 2.08. The minimum Gasteiger partial charge on any atom is -0.310 e. The van der Waals surface area contributed by atoms with Gasteiger partial charge in [0, 0.05) is 18.2 Å². The van der Waals surface area contributed by atoms with Gasteiger partial charge in [-0.1, -0.05) is 24.8 Å². The second kappa shape index (κ2) is 3.89. The molecule has 1 aromatic rings. The van der Waals surface area contributed by atoms with E-state index in [1.165, 1.54) is 0 Å². The lowest BCUT2D eigenvalue weighted by Gasteiger charge is -2.21. The Morgan fingerprint density at radius 3 is 2.53 bits per heavy atom. The minimum absolute atomic E-state index is 0.230. The van der Waals surface area contributed by atoms with Gasteiger partial charge in [-0.2, -0.15) is 0 Å². The molecule has 0 aromatic heterocycles. The molecule has 0 radical (unpaired) electrons. The summed E-state index contributed by atoms with van der Waals surface area (Å²) in [4.78, 5) is 13.5.